The third-order valence-electron chi connectivity index (χ3n) is 3.45. The van der Waals surface area contributed by atoms with Gasteiger partial charge in [0.25, 0.3) is 0 Å². The highest BCUT2D eigenvalue weighted by molar-refractivity contribution is 7.80. The van der Waals surface area contributed by atoms with Gasteiger partial charge in [-0.3, -0.25) is 4.79 Å². The molecule has 1 amide bonds. The summed E-state index contributed by atoms with van der Waals surface area (Å²) >= 11 is 11.3. The van der Waals surface area contributed by atoms with E-state index in [9.17, 15) is 9.18 Å². The molecule has 1 N–H and O–H groups in total. The lowest BCUT2D eigenvalue weighted by molar-refractivity contribution is -0.116. The van der Waals surface area contributed by atoms with Crippen LogP contribution >= 0.6 is 23.8 Å². The first-order chi connectivity index (χ1) is 11.3. The molecule has 1 rings (SSSR count). The van der Waals surface area contributed by atoms with Crippen molar-refractivity contribution in [3.05, 3.63) is 28.5 Å². The number of nitrogens with one attached hydrogen (secondary N) is 1. The van der Waals surface area contributed by atoms with Crippen LogP contribution in [0.2, 0.25) is 5.02 Å². The molecule has 1 aromatic rings. The lowest BCUT2D eigenvalue weighted by Crippen LogP contribution is -2.14. The first kappa shape index (κ1) is 20.8. The molecule has 0 bridgehead atoms. The van der Waals surface area contributed by atoms with E-state index in [1.54, 1.807) is 0 Å². The zero-order valence-electron chi connectivity index (χ0n) is 14.5. The third-order valence-corrected chi connectivity index (χ3v) is 4.07. The number of carbonyl (C=O) groups is 1. The average Bonchev–Trinajstić information content (AvgIpc) is 2.50. The molecule has 0 atom stereocenters. The van der Waals surface area contributed by atoms with Crippen LogP contribution in [0.1, 0.15) is 52.0 Å². The molecular weight excluding hydrogens is 349 g/mol. The molecule has 0 unspecified atom stereocenters. The Morgan fingerprint density at radius 2 is 2.12 bits per heavy atom. The minimum absolute atomic E-state index is 0.125. The fraction of sp³-hybridized carbons (Fsp3) is 0.556. The highest BCUT2D eigenvalue weighted by atomic mass is 35.5. The molecule has 0 aromatic heterocycles. The number of hydrogen-bond donors (Lipinski definition) is 1. The molecule has 0 fully saturated rings. The summed E-state index contributed by atoms with van der Waals surface area (Å²) in [6.45, 7) is 6.70. The Balaban J connectivity index is 2.74. The lowest BCUT2D eigenvalue weighted by Gasteiger charge is -2.12. The number of hydrogen-bond acceptors (Lipinski definition) is 3. The highest BCUT2D eigenvalue weighted by Gasteiger charge is 2.13. The summed E-state index contributed by atoms with van der Waals surface area (Å²) < 4.78 is 19.5. The minimum Gasteiger partial charge on any atom is -0.487 e. The predicted octanol–water partition coefficient (Wildman–Crippen LogP) is 5.54. The van der Waals surface area contributed by atoms with Crippen LogP contribution in [0.25, 0.3) is 0 Å². The van der Waals surface area contributed by atoms with Crippen molar-refractivity contribution in [2.45, 2.75) is 52.9 Å². The number of anilines is 1. The molecule has 0 spiro atoms. The Morgan fingerprint density at radius 3 is 2.75 bits per heavy atom. The molecule has 1 aromatic carbocycles. The van der Waals surface area contributed by atoms with Crippen molar-refractivity contribution in [1.82, 2.24) is 0 Å². The molecule has 0 saturated carbocycles. The van der Waals surface area contributed by atoms with Gasteiger partial charge in [-0.05, 0) is 48.7 Å². The van der Waals surface area contributed by atoms with Crippen LogP contribution in [0.4, 0.5) is 10.1 Å². The van der Waals surface area contributed by atoms with Gasteiger partial charge in [-0.1, -0.05) is 38.8 Å². The summed E-state index contributed by atoms with van der Waals surface area (Å²) in [5.74, 6) is -0.351. The van der Waals surface area contributed by atoms with Crippen LogP contribution in [0.15, 0.2) is 12.1 Å². The van der Waals surface area contributed by atoms with Gasteiger partial charge in [0.15, 0.2) is 5.05 Å². The van der Waals surface area contributed by atoms with Crippen LogP contribution < -0.4 is 5.32 Å². The van der Waals surface area contributed by atoms with Gasteiger partial charge < -0.3 is 10.1 Å². The largest absolute Gasteiger partial charge is 0.487 e. The summed E-state index contributed by atoms with van der Waals surface area (Å²) in [5.41, 5.74) is 0.762. The van der Waals surface area contributed by atoms with Crippen LogP contribution in [0.5, 0.6) is 0 Å². The maximum atomic E-state index is 14.0. The Kier molecular flexibility index (Phi) is 9.22. The van der Waals surface area contributed by atoms with Crippen molar-refractivity contribution in [3.63, 3.8) is 0 Å². The molecule has 0 aliphatic rings. The van der Waals surface area contributed by atoms with E-state index < -0.39 is 5.82 Å². The van der Waals surface area contributed by atoms with Crippen molar-refractivity contribution in [1.29, 1.82) is 0 Å². The second-order valence-corrected chi connectivity index (χ2v) is 7.02. The number of unbranched alkanes of at least 4 members (excludes halogenated alkanes) is 1. The van der Waals surface area contributed by atoms with Gasteiger partial charge in [-0.15, -0.1) is 0 Å². The lowest BCUT2D eigenvalue weighted by atomic mass is 10.1. The topological polar surface area (TPSA) is 38.3 Å². The highest BCUT2D eigenvalue weighted by Crippen LogP contribution is 2.25. The standard InChI is InChI=1S/C18H25ClFNO2S/c1-4-5-8-23-18(24)10-13-9-16(15(20)11-14(13)19)21-17(22)7-6-12(2)3/h9,11-12H,4-8,10H2,1-3H3,(H,21,22). The smallest absolute Gasteiger partial charge is 0.224 e. The van der Waals surface area contributed by atoms with Gasteiger partial charge in [0.05, 0.1) is 12.3 Å². The summed E-state index contributed by atoms with van der Waals surface area (Å²) in [6.07, 6.45) is 3.37. The first-order valence-electron chi connectivity index (χ1n) is 8.26. The SMILES string of the molecule is CCCCOC(=S)Cc1cc(NC(=O)CCC(C)C)c(F)cc1Cl. The Bertz CT molecular complexity index is 578. The van der Waals surface area contributed by atoms with E-state index >= 15 is 0 Å². The van der Waals surface area contributed by atoms with Crippen molar-refractivity contribution < 1.29 is 13.9 Å². The molecule has 0 saturated heterocycles. The van der Waals surface area contributed by atoms with E-state index in [1.807, 2.05) is 13.8 Å². The molecule has 0 aliphatic carbocycles. The number of halogens is 2. The molecule has 6 heteroatoms. The van der Waals surface area contributed by atoms with Crippen molar-refractivity contribution in [2.75, 3.05) is 11.9 Å². The summed E-state index contributed by atoms with van der Waals surface area (Å²) in [6, 6.07) is 2.73. The normalized spacial score (nSPS) is 10.8. The van der Waals surface area contributed by atoms with Crippen LogP contribution in [-0.4, -0.2) is 17.6 Å². The van der Waals surface area contributed by atoms with Gasteiger partial charge in [0.2, 0.25) is 5.91 Å². The van der Waals surface area contributed by atoms with E-state index in [2.05, 4.69) is 12.2 Å². The van der Waals surface area contributed by atoms with Gasteiger partial charge in [-0.2, -0.15) is 0 Å². The Morgan fingerprint density at radius 1 is 1.42 bits per heavy atom. The average molecular weight is 374 g/mol. The van der Waals surface area contributed by atoms with Crippen molar-refractivity contribution in [2.24, 2.45) is 5.92 Å². The van der Waals surface area contributed by atoms with E-state index in [0.29, 0.717) is 36.0 Å². The zero-order valence-corrected chi connectivity index (χ0v) is 16.0. The second-order valence-electron chi connectivity index (χ2n) is 6.15. The monoisotopic (exact) mass is 373 g/mol. The molecule has 134 valence electrons. The second kappa shape index (κ2) is 10.6. The molecule has 24 heavy (non-hydrogen) atoms. The molecular formula is C18H25ClFNO2S. The zero-order chi connectivity index (χ0) is 18.1. The number of benzene rings is 1. The molecule has 0 heterocycles. The van der Waals surface area contributed by atoms with Crippen LogP contribution in [0.3, 0.4) is 0 Å². The number of ether oxygens (including phenoxy) is 1. The molecule has 3 nitrogen and oxygen atoms in total. The number of rotatable bonds is 9. The van der Waals surface area contributed by atoms with Crippen LogP contribution in [-0.2, 0) is 16.0 Å². The fourth-order valence-electron chi connectivity index (χ4n) is 1.99. The van der Waals surface area contributed by atoms with Crippen molar-refractivity contribution in [3.8, 4) is 0 Å². The Hall–Kier alpha value is -1.20. The van der Waals surface area contributed by atoms with E-state index in [4.69, 9.17) is 28.6 Å². The van der Waals surface area contributed by atoms with Crippen LogP contribution in [0, 0.1) is 11.7 Å². The Labute approximate surface area is 153 Å². The quantitative estimate of drug-likeness (QED) is 0.456. The summed E-state index contributed by atoms with van der Waals surface area (Å²) in [7, 11) is 0. The predicted molar refractivity (Wildman–Crippen MR) is 101 cm³/mol. The van der Waals surface area contributed by atoms with Gasteiger partial charge in [0.1, 0.15) is 5.82 Å². The number of carbonyl (C=O) groups excluding carboxylic acids is 1. The molecule has 0 aliphatic heterocycles. The minimum atomic E-state index is -0.556. The van der Waals surface area contributed by atoms with Crippen molar-refractivity contribution >= 4 is 40.5 Å². The summed E-state index contributed by atoms with van der Waals surface area (Å²) in [4.78, 5) is 11.9. The number of thiocarbonyl (C=S) groups is 1. The van der Waals surface area contributed by atoms with Gasteiger partial charge in [-0.25, -0.2) is 4.39 Å². The molecule has 0 radical (unpaired) electrons. The van der Waals surface area contributed by atoms with E-state index in [-0.39, 0.29) is 16.6 Å². The van der Waals surface area contributed by atoms with Gasteiger partial charge in [0, 0.05) is 17.9 Å². The maximum Gasteiger partial charge on any atom is 0.224 e. The van der Waals surface area contributed by atoms with E-state index in [0.717, 1.165) is 19.3 Å². The fourth-order valence-corrected chi connectivity index (χ4v) is 2.45. The maximum absolute atomic E-state index is 14.0. The van der Waals surface area contributed by atoms with Gasteiger partial charge >= 0.3 is 0 Å². The van der Waals surface area contributed by atoms with E-state index in [1.165, 1.54) is 12.1 Å². The first-order valence-corrected chi connectivity index (χ1v) is 9.05. The third kappa shape index (κ3) is 7.58. The summed E-state index contributed by atoms with van der Waals surface area (Å²) in [5, 5.41) is 3.29. The number of amides is 1.